The van der Waals surface area contributed by atoms with Crippen molar-refractivity contribution in [3.63, 3.8) is 0 Å². The Kier molecular flexibility index (Phi) is 6.35. The summed E-state index contributed by atoms with van der Waals surface area (Å²) in [5, 5.41) is 4.11. The number of carbonyl (C=O) groups is 3. The quantitative estimate of drug-likeness (QED) is 0.459. The molecule has 0 saturated heterocycles. The third-order valence-corrected chi connectivity index (χ3v) is 4.58. The minimum atomic E-state index is -1.06. The number of benzene rings is 1. The lowest BCUT2D eigenvalue weighted by atomic mass is 10.1. The van der Waals surface area contributed by atoms with Crippen molar-refractivity contribution < 1.29 is 19.1 Å². The summed E-state index contributed by atoms with van der Waals surface area (Å²) in [4.78, 5) is 44.6. The minimum Gasteiger partial charge on any atom is -0.452 e. The lowest BCUT2D eigenvalue weighted by Crippen LogP contribution is -2.46. The normalized spacial score (nSPS) is 11.7. The zero-order valence-electron chi connectivity index (χ0n) is 16.9. The van der Waals surface area contributed by atoms with E-state index in [0.717, 1.165) is 17.0 Å². The smallest absolute Gasteiger partial charge is 0.306 e. The molecular formula is C20H22N6O4. The van der Waals surface area contributed by atoms with E-state index in [1.54, 1.807) is 34.8 Å². The van der Waals surface area contributed by atoms with Crippen molar-refractivity contribution in [2.75, 3.05) is 0 Å². The molecule has 0 aliphatic heterocycles. The van der Waals surface area contributed by atoms with Gasteiger partial charge in [0.15, 0.2) is 6.10 Å². The molecule has 10 heteroatoms. The van der Waals surface area contributed by atoms with Gasteiger partial charge in [-0.15, -0.1) is 0 Å². The molecule has 1 atom stereocenters. The summed E-state index contributed by atoms with van der Waals surface area (Å²) in [5.74, 6) is -1.14. The number of hydrogen-bond donors (Lipinski definition) is 2. The molecule has 1 aromatic carbocycles. The molecule has 0 aliphatic carbocycles. The third kappa shape index (κ3) is 4.77. The van der Waals surface area contributed by atoms with E-state index in [2.05, 4.69) is 25.9 Å². The maximum atomic E-state index is 12.2. The first-order valence-corrected chi connectivity index (χ1v) is 9.37. The van der Waals surface area contributed by atoms with Crippen LogP contribution < -0.4 is 10.9 Å². The number of aryl methyl sites for hydroxylation is 2. The number of hydrazine groups is 1. The van der Waals surface area contributed by atoms with Crippen LogP contribution in [0.15, 0.2) is 36.7 Å². The van der Waals surface area contributed by atoms with E-state index in [4.69, 9.17) is 4.74 Å². The van der Waals surface area contributed by atoms with Gasteiger partial charge < -0.3 is 4.74 Å². The second-order valence-electron chi connectivity index (χ2n) is 6.67. The van der Waals surface area contributed by atoms with Crippen LogP contribution in [0.5, 0.6) is 0 Å². The predicted octanol–water partition coefficient (Wildman–Crippen LogP) is 1.07. The van der Waals surface area contributed by atoms with Crippen LogP contribution in [0.3, 0.4) is 0 Å². The number of carbonyl (C=O) groups excluding carboxylic acids is 3. The van der Waals surface area contributed by atoms with Crippen molar-refractivity contribution in [3.8, 4) is 0 Å². The molecule has 2 N–H and O–H groups in total. The van der Waals surface area contributed by atoms with E-state index >= 15 is 0 Å². The van der Waals surface area contributed by atoms with E-state index in [9.17, 15) is 14.4 Å². The molecular weight excluding hydrogens is 388 g/mol. The van der Waals surface area contributed by atoms with Crippen molar-refractivity contribution in [2.45, 2.75) is 39.7 Å². The summed E-state index contributed by atoms with van der Waals surface area (Å²) in [6.45, 7) is 5.15. The van der Waals surface area contributed by atoms with Gasteiger partial charge in [-0.1, -0.05) is 18.2 Å². The highest BCUT2D eigenvalue weighted by molar-refractivity contribution is 5.95. The van der Waals surface area contributed by atoms with Crippen LogP contribution in [0.4, 0.5) is 0 Å². The summed E-state index contributed by atoms with van der Waals surface area (Å²) < 4.78 is 6.78. The van der Waals surface area contributed by atoms with Gasteiger partial charge in [0.05, 0.1) is 0 Å². The number of ether oxygens (including phenoxy) is 1. The van der Waals surface area contributed by atoms with Crippen molar-refractivity contribution in [3.05, 3.63) is 59.2 Å². The van der Waals surface area contributed by atoms with Gasteiger partial charge in [0.2, 0.25) is 0 Å². The highest BCUT2D eigenvalue weighted by Gasteiger charge is 2.19. The number of amides is 2. The lowest BCUT2D eigenvalue weighted by Gasteiger charge is -2.15. The van der Waals surface area contributed by atoms with Crippen molar-refractivity contribution >= 4 is 23.6 Å². The Hall–Kier alpha value is -3.82. The largest absolute Gasteiger partial charge is 0.452 e. The molecule has 2 amide bonds. The van der Waals surface area contributed by atoms with E-state index in [1.165, 1.54) is 13.3 Å². The highest BCUT2D eigenvalue weighted by atomic mass is 16.5. The molecule has 2 aromatic heterocycles. The number of aromatic nitrogens is 4. The summed E-state index contributed by atoms with van der Waals surface area (Å²) >= 11 is 0. The van der Waals surface area contributed by atoms with E-state index in [-0.39, 0.29) is 6.42 Å². The molecule has 10 nitrogen and oxygen atoms in total. The van der Waals surface area contributed by atoms with E-state index in [1.807, 2.05) is 13.8 Å². The van der Waals surface area contributed by atoms with E-state index in [0.29, 0.717) is 17.8 Å². The fraction of sp³-hybridized carbons (Fsp3) is 0.300. The number of nitrogens with one attached hydrogen (secondary N) is 2. The van der Waals surface area contributed by atoms with Crippen LogP contribution in [-0.4, -0.2) is 43.5 Å². The van der Waals surface area contributed by atoms with Crippen LogP contribution in [0.1, 0.15) is 40.7 Å². The predicted molar refractivity (Wildman–Crippen MR) is 106 cm³/mol. The second-order valence-corrected chi connectivity index (χ2v) is 6.67. The Morgan fingerprint density at radius 2 is 1.87 bits per heavy atom. The molecule has 30 heavy (non-hydrogen) atoms. The molecule has 156 valence electrons. The van der Waals surface area contributed by atoms with Gasteiger partial charge in [0.25, 0.3) is 17.6 Å². The molecule has 3 aromatic rings. The molecule has 2 heterocycles. The number of fused-ring (bicyclic) bond motifs is 1. The minimum absolute atomic E-state index is 0.0670. The first-order chi connectivity index (χ1) is 14.4. The lowest BCUT2D eigenvalue weighted by molar-refractivity contribution is -0.155. The molecule has 0 saturated carbocycles. The standard InChI is InChI=1S/C20H22N6O4/c1-12-16(13(2)26-20(23-12)21-11-22-26)9-10-17(27)30-14(3)18(28)24-25-19(29)15-7-5-4-6-8-15/h4-8,11,14H,9-10H2,1-3H3,(H,24,28)(H,25,29)/t14-/m1/s1. The molecule has 0 fully saturated rings. The Bertz CT molecular complexity index is 1080. The van der Waals surface area contributed by atoms with Crippen molar-refractivity contribution in [1.29, 1.82) is 0 Å². The average Bonchev–Trinajstić information content (AvgIpc) is 3.20. The summed E-state index contributed by atoms with van der Waals surface area (Å²) in [6.07, 6.45) is 0.811. The molecule has 0 radical (unpaired) electrons. The SMILES string of the molecule is Cc1nc2ncnn2c(C)c1CCC(=O)O[C@H](C)C(=O)NNC(=O)c1ccccc1. The first-order valence-electron chi connectivity index (χ1n) is 9.37. The average molecular weight is 410 g/mol. The van der Waals surface area contributed by atoms with Crippen LogP contribution in [0.2, 0.25) is 0 Å². The Morgan fingerprint density at radius 1 is 1.13 bits per heavy atom. The maximum Gasteiger partial charge on any atom is 0.306 e. The zero-order valence-corrected chi connectivity index (χ0v) is 16.9. The van der Waals surface area contributed by atoms with Crippen LogP contribution in [0, 0.1) is 13.8 Å². The van der Waals surface area contributed by atoms with Crippen molar-refractivity contribution in [1.82, 2.24) is 30.4 Å². The summed E-state index contributed by atoms with van der Waals surface area (Å²) in [6, 6.07) is 8.42. The number of hydrogen-bond acceptors (Lipinski definition) is 7. The molecule has 0 unspecified atom stereocenters. The first kappa shape index (κ1) is 20.9. The maximum absolute atomic E-state index is 12.2. The Morgan fingerprint density at radius 3 is 2.60 bits per heavy atom. The van der Waals surface area contributed by atoms with Gasteiger partial charge in [-0.2, -0.15) is 10.1 Å². The van der Waals surface area contributed by atoms with Gasteiger partial charge in [-0.05, 0) is 44.9 Å². The Labute approximate surface area is 172 Å². The fourth-order valence-electron chi connectivity index (χ4n) is 2.94. The summed E-state index contributed by atoms with van der Waals surface area (Å²) in [7, 11) is 0. The van der Waals surface area contributed by atoms with Gasteiger partial charge in [-0.25, -0.2) is 9.50 Å². The zero-order chi connectivity index (χ0) is 21.7. The number of esters is 1. The van der Waals surface area contributed by atoms with Gasteiger partial charge >= 0.3 is 5.97 Å². The van der Waals surface area contributed by atoms with Gasteiger partial charge in [-0.3, -0.25) is 25.2 Å². The summed E-state index contributed by atoms with van der Waals surface area (Å²) in [5.41, 5.74) is 7.41. The van der Waals surface area contributed by atoms with Gasteiger partial charge in [0, 0.05) is 23.4 Å². The van der Waals surface area contributed by atoms with Gasteiger partial charge in [0.1, 0.15) is 6.33 Å². The topological polar surface area (TPSA) is 128 Å². The fourth-order valence-corrected chi connectivity index (χ4v) is 2.94. The molecule has 0 spiro atoms. The monoisotopic (exact) mass is 410 g/mol. The van der Waals surface area contributed by atoms with E-state index < -0.39 is 23.9 Å². The number of nitrogens with zero attached hydrogens (tertiary/aromatic N) is 4. The molecule has 3 rings (SSSR count). The molecule has 0 aliphatic rings. The second kappa shape index (κ2) is 9.12. The van der Waals surface area contributed by atoms with Crippen molar-refractivity contribution in [2.24, 2.45) is 0 Å². The van der Waals surface area contributed by atoms with Crippen LogP contribution in [0.25, 0.3) is 5.78 Å². The molecule has 0 bridgehead atoms. The Balaban J connectivity index is 1.50. The highest BCUT2D eigenvalue weighted by Crippen LogP contribution is 2.15. The van der Waals surface area contributed by atoms with Crippen LogP contribution in [-0.2, 0) is 20.7 Å². The third-order valence-electron chi connectivity index (χ3n) is 4.58. The van der Waals surface area contributed by atoms with Crippen LogP contribution >= 0.6 is 0 Å². The number of rotatable bonds is 6.